The number of nitrogens with two attached hydrogens (primary N) is 1. The fourth-order valence-corrected chi connectivity index (χ4v) is 5.01. The molecule has 192 valence electrons. The standard InChI is InChI=1S/C26H27ClN6O4/c1-30-22-21(23(34)33(26(30)37)13-16-8-10-17(11-9-16)24(35)36)32(14-18-5-2-3-7-20(18)27)25(29-22)31-12-4-6-19(28)15-31/h2-3,5,7-11,19H,4,6,12-15,28H2,1H3,(H,35,36)/t19-/m1/s1. The number of carbonyl (C=O) groups is 1. The van der Waals surface area contributed by atoms with Gasteiger partial charge in [0.2, 0.25) is 5.95 Å². The summed E-state index contributed by atoms with van der Waals surface area (Å²) in [6.07, 6.45) is 1.80. The van der Waals surface area contributed by atoms with E-state index in [9.17, 15) is 14.4 Å². The van der Waals surface area contributed by atoms with Crippen molar-refractivity contribution in [2.75, 3.05) is 18.0 Å². The number of aryl methyl sites for hydroxylation is 1. The van der Waals surface area contributed by atoms with Crippen LogP contribution in [-0.4, -0.2) is 48.9 Å². The molecule has 1 aliphatic rings. The number of fused-ring (bicyclic) bond motifs is 1. The Balaban J connectivity index is 1.69. The molecule has 1 fully saturated rings. The van der Waals surface area contributed by atoms with E-state index in [1.165, 1.54) is 16.7 Å². The van der Waals surface area contributed by atoms with E-state index in [1.807, 2.05) is 22.8 Å². The third kappa shape index (κ3) is 4.65. The van der Waals surface area contributed by atoms with Gasteiger partial charge in [0, 0.05) is 31.2 Å². The molecule has 11 heteroatoms. The third-order valence-corrected chi connectivity index (χ3v) is 7.15. The van der Waals surface area contributed by atoms with Crippen molar-refractivity contribution in [3.63, 3.8) is 0 Å². The largest absolute Gasteiger partial charge is 0.478 e. The summed E-state index contributed by atoms with van der Waals surface area (Å²) < 4.78 is 4.34. The molecule has 2 aromatic carbocycles. The van der Waals surface area contributed by atoms with E-state index in [1.54, 1.807) is 25.2 Å². The van der Waals surface area contributed by atoms with Crippen LogP contribution in [0.3, 0.4) is 0 Å². The molecule has 1 saturated heterocycles. The monoisotopic (exact) mass is 522 g/mol. The Morgan fingerprint density at radius 2 is 1.84 bits per heavy atom. The zero-order valence-electron chi connectivity index (χ0n) is 20.3. The van der Waals surface area contributed by atoms with Crippen molar-refractivity contribution in [2.24, 2.45) is 12.8 Å². The van der Waals surface area contributed by atoms with Crippen LogP contribution in [0, 0.1) is 0 Å². The SMILES string of the molecule is Cn1c(=O)n(Cc2ccc(C(=O)O)cc2)c(=O)c2c1nc(N1CCC[C@@H](N)C1)n2Cc1ccccc1Cl. The van der Waals surface area contributed by atoms with Crippen molar-refractivity contribution in [3.05, 3.63) is 91.1 Å². The molecule has 10 nitrogen and oxygen atoms in total. The minimum atomic E-state index is -1.05. The van der Waals surface area contributed by atoms with Gasteiger partial charge in [0.25, 0.3) is 5.56 Å². The molecule has 2 aromatic heterocycles. The van der Waals surface area contributed by atoms with Gasteiger partial charge in [0.1, 0.15) is 0 Å². The summed E-state index contributed by atoms with van der Waals surface area (Å²) in [5, 5.41) is 9.73. The number of benzene rings is 2. The lowest BCUT2D eigenvalue weighted by atomic mass is 10.1. The molecule has 4 aromatic rings. The molecular formula is C26H27ClN6O4. The second-order valence-electron chi connectivity index (χ2n) is 9.34. The number of imidazole rings is 1. The van der Waals surface area contributed by atoms with Crippen LogP contribution in [0.2, 0.25) is 5.02 Å². The van der Waals surface area contributed by atoms with Crippen LogP contribution in [0.4, 0.5) is 5.95 Å². The number of halogens is 1. The van der Waals surface area contributed by atoms with Crippen molar-refractivity contribution in [3.8, 4) is 0 Å². The molecule has 37 heavy (non-hydrogen) atoms. The summed E-state index contributed by atoms with van der Waals surface area (Å²) in [4.78, 5) is 45.2. The quantitative estimate of drug-likeness (QED) is 0.397. The van der Waals surface area contributed by atoms with Crippen molar-refractivity contribution < 1.29 is 9.90 Å². The molecule has 0 unspecified atom stereocenters. The average Bonchev–Trinajstić information content (AvgIpc) is 3.26. The number of carboxylic acid groups (broad SMARTS) is 1. The molecular weight excluding hydrogens is 496 g/mol. The number of rotatable bonds is 6. The molecule has 3 heterocycles. The van der Waals surface area contributed by atoms with Crippen LogP contribution in [0.25, 0.3) is 11.2 Å². The highest BCUT2D eigenvalue weighted by Gasteiger charge is 2.27. The lowest BCUT2D eigenvalue weighted by Gasteiger charge is -2.32. The Kier molecular flexibility index (Phi) is 6.61. The zero-order valence-corrected chi connectivity index (χ0v) is 21.1. The summed E-state index contributed by atoms with van der Waals surface area (Å²) in [6, 6.07) is 13.5. The van der Waals surface area contributed by atoms with E-state index in [4.69, 9.17) is 27.4 Å². The van der Waals surface area contributed by atoms with Gasteiger partial charge in [-0.3, -0.25) is 18.5 Å². The van der Waals surface area contributed by atoms with E-state index in [0.717, 1.165) is 29.5 Å². The molecule has 3 N–H and O–H groups in total. The van der Waals surface area contributed by atoms with E-state index in [-0.39, 0.29) is 30.3 Å². The highest BCUT2D eigenvalue weighted by atomic mass is 35.5. The molecule has 5 rings (SSSR count). The fourth-order valence-electron chi connectivity index (χ4n) is 4.81. The number of hydrogen-bond donors (Lipinski definition) is 2. The van der Waals surface area contributed by atoms with Gasteiger partial charge in [-0.15, -0.1) is 0 Å². The lowest BCUT2D eigenvalue weighted by molar-refractivity contribution is 0.0697. The fraction of sp³-hybridized carbons (Fsp3) is 0.308. The van der Waals surface area contributed by atoms with Gasteiger partial charge in [-0.25, -0.2) is 9.59 Å². The predicted molar refractivity (Wildman–Crippen MR) is 142 cm³/mol. The smallest absolute Gasteiger partial charge is 0.335 e. The van der Waals surface area contributed by atoms with Gasteiger partial charge >= 0.3 is 11.7 Å². The Morgan fingerprint density at radius 1 is 1.11 bits per heavy atom. The van der Waals surface area contributed by atoms with Crippen LogP contribution in [0.1, 0.15) is 34.3 Å². The van der Waals surface area contributed by atoms with Gasteiger partial charge in [-0.1, -0.05) is 41.9 Å². The Hall–Kier alpha value is -3.89. The van der Waals surface area contributed by atoms with Crippen LogP contribution < -0.4 is 21.9 Å². The predicted octanol–water partition coefficient (Wildman–Crippen LogP) is 2.27. The van der Waals surface area contributed by atoms with E-state index >= 15 is 0 Å². The first-order valence-electron chi connectivity index (χ1n) is 12.0. The Bertz CT molecular complexity index is 1600. The van der Waals surface area contributed by atoms with Gasteiger partial charge in [0.05, 0.1) is 18.7 Å². The maximum Gasteiger partial charge on any atom is 0.335 e. The Labute approximate surface area is 217 Å². The maximum atomic E-state index is 13.9. The second-order valence-corrected chi connectivity index (χ2v) is 9.75. The number of piperidine rings is 1. The molecule has 0 bridgehead atoms. The number of carboxylic acids is 1. The maximum absolute atomic E-state index is 13.9. The average molecular weight is 523 g/mol. The van der Waals surface area contributed by atoms with Crippen LogP contribution in [-0.2, 0) is 20.1 Å². The van der Waals surface area contributed by atoms with Crippen molar-refractivity contribution >= 4 is 34.7 Å². The number of hydrogen-bond acceptors (Lipinski definition) is 6. The highest BCUT2D eigenvalue weighted by Crippen LogP contribution is 2.26. The van der Waals surface area contributed by atoms with Crippen molar-refractivity contribution in [1.82, 2.24) is 18.7 Å². The normalized spacial score (nSPS) is 15.9. The topological polar surface area (TPSA) is 128 Å². The summed E-state index contributed by atoms with van der Waals surface area (Å²) in [5.74, 6) is -0.477. The molecule has 0 radical (unpaired) electrons. The first kappa shape index (κ1) is 24.8. The number of anilines is 1. The second kappa shape index (κ2) is 9.87. The van der Waals surface area contributed by atoms with Gasteiger partial charge < -0.3 is 15.7 Å². The highest BCUT2D eigenvalue weighted by molar-refractivity contribution is 6.31. The lowest BCUT2D eigenvalue weighted by Crippen LogP contribution is -2.44. The zero-order chi connectivity index (χ0) is 26.3. The summed E-state index contributed by atoms with van der Waals surface area (Å²) in [5.41, 5.74) is 7.40. The van der Waals surface area contributed by atoms with E-state index < -0.39 is 17.2 Å². The number of nitrogens with zero attached hydrogens (tertiary/aromatic N) is 5. The number of aromatic carboxylic acids is 1. The van der Waals surface area contributed by atoms with Gasteiger partial charge in [0.15, 0.2) is 11.2 Å². The molecule has 1 atom stereocenters. The molecule has 1 aliphatic heterocycles. The summed E-state index contributed by atoms with van der Waals surface area (Å²) >= 11 is 6.48. The minimum absolute atomic E-state index is 0.0114. The van der Waals surface area contributed by atoms with Crippen LogP contribution in [0.5, 0.6) is 0 Å². The molecule has 0 saturated carbocycles. The Morgan fingerprint density at radius 3 is 2.51 bits per heavy atom. The van der Waals surface area contributed by atoms with Crippen LogP contribution in [0.15, 0.2) is 58.1 Å². The number of aromatic nitrogens is 4. The van der Waals surface area contributed by atoms with E-state index in [0.29, 0.717) is 28.6 Å². The third-order valence-electron chi connectivity index (χ3n) is 6.78. The summed E-state index contributed by atoms with van der Waals surface area (Å²) in [7, 11) is 1.59. The summed E-state index contributed by atoms with van der Waals surface area (Å²) in [6.45, 7) is 1.60. The first-order chi connectivity index (χ1) is 17.7. The minimum Gasteiger partial charge on any atom is -0.478 e. The molecule has 0 aliphatic carbocycles. The van der Waals surface area contributed by atoms with E-state index in [2.05, 4.69) is 4.90 Å². The van der Waals surface area contributed by atoms with Gasteiger partial charge in [-0.05, 0) is 42.2 Å². The first-order valence-corrected chi connectivity index (χ1v) is 12.4. The van der Waals surface area contributed by atoms with Crippen molar-refractivity contribution in [2.45, 2.75) is 32.0 Å². The van der Waals surface area contributed by atoms with Crippen LogP contribution >= 0.6 is 11.6 Å². The van der Waals surface area contributed by atoms with Crippen molar-refractivity contribution in [1.29, 1.82) is 0 Å². The molecule has 0 spiro atoms. The van der Waals surface area contributed by atoms with Gasteiger partial charge in [-0.2, -0.15) is 4.98 Å². The molecule has 0 amide bonds.